The molecule has 0 aliphatic carbocycles. The number of ether oxygens (including phenoxy) is 3. The molecule has 6 heteroatoms. The lowest BCUT2D eigenvalue weighted by Gasteiger charge is -2.07. The molecule has 1 aliphatic heterocycles. The molecule has 0 amide bonds. The molecular formula is C22H17NO5. The Morgan fingerprint density at radius 1 is 0.929 bits per heavy atom. The number of hydrogen-bond donors (Lipinski definition) is 1. The standard InChI is InChI=1S/C22H17NO5/c24-9-10-25-18-4-2-1-3-16(18)22-23-17-7-5-14(11-20(17)28-22)15-6-8-19-21(12-15)27-13-26-19/h1-8,11-12,24H,9-10,13H2. The summed E-state index contributed by atoms with van der Waals surface area (Å²) in [6.45, 7) is 0.410. The average molecular weight is 375 g/mol. The summed E-state index contributed by atoms with van der Waals surface area (Å²) in [6, 6.07) is 19.2. The highest BCUT2D eigenvalue weighted by Crippen LogP contribution is 2.37. The second-order valence-electron chi connectivity index (χ2n) is 6.34. The lowest BCUT2D eigenvalue weighted by Crippen LogP contribution is -2.02. The Hall–Kier alpha value is -3.51. The van der Waals surface area contributed by atoms with Gasteiger partial charge >= 0.3 is 0 Å². The van der Waals surface area contributed by atoms with E-state index in [1.807, 2.05) is 60.7 Å². The molecule has 1 aliphatic rings. The van der Waals surface area contributed by atoms with Gasteiger partial charge in [-0.1, -0.05) is 24.3 Å². The third kappa shape index (κ3) is 2.93. The number of aliphatic hydroxyl groups excluding tert-OH is 1. The molecule has 0 spiro atoms. The smallest absolute Gasteiger partial charge is 0.231 e. The van der Waals surface area contributed by atoms with Crippen molar-refractivity contribution in [3.63, 3.8) is 0 Å². The molecular weight excluding hydrogens is 358 g/mol. The van der Waals surface area contributed by atoms with E-state index in [-0.39, 0.29) is 20.0 Å². The molecule has 0 radical (unpaired) electrons. The molecule has 0 atom stereocenters. The van der Waals surface area contributed by atoms with E-state index >= 15 is 0 Å². The predicted octanol–water partition coefficient (Wildman–Crippen LogP) is 4.26. The van der Waals surface area contributed by atoms with E-state index in [9.17, 15) is 0 Å². The molecule has 0 fully saturated rings. The third-order valence-corrected chi connectivity index (χ3v) is 4.56. The molecule has 0 saturated carbocycles. The summed E-state index contributed by atoms with van der Waals surface area (Å²) in [5.41, 5.74) is 4.20. The first kappa shape index (κ1) is 16.6. The van der Waals surface area contributed by atoms with Crippen molar-refractivity contribution >= 4 is 11.1 Å². The van der Waals surface area contributed by atoms with E-state index in [0.717, 1.165) is 33.7 Å². The number of nitrogens with zero attached hydrogens (tertiary/aromatic N) is 1. The Bertz CT molecular complexity index is 1150. The van der Waals surface area contributed by atoms with Crippen LogP contribution in [0.4, 0.5) is 0 Å². The minimum absolute atomic E-state index is 0.0548. The Balaban J connectivity index is 1.53. The zero-order chi connectivity index (χ0) is 18.9. The van der Waals surface area contributed by atoms with Crippen molar-refractivity contribution in [1.29, 1.82) is 0 Å². The van der Waals surface area contributed by atoms with Gasteiger partial charge in [0.1, 0.15) is 17.9 Å². The van der Waals surface area contributed by atoms with Crippen molar-refractivity contribution in [3.8, 4) is 39.8 Å². The van der Waals surface area contributed by atoms with Crippen LogP contribution in [0.25, 0.3) is 33.7 Å². The van der Waals surface area contributed by atoms with Crippen LogP contribution in [0.3, 0.4) is 0 Å². The molecule has 4 aromatic rings. The first-order valence-corrected chi connectivity index (χ1v) is 8.95. The minimum Gasteiger partial charge on any atom is -0.490 e. The fourth-order valence-electron chi connectivity index (χ4n) is 3.22. The van der Waals surface area contributed by atoms with Crippen LogP contribution in [0, 0.1) is 0 Å². The molecule has 28 heavy (non-hydrogen) atoms. The van der Waals surface area contributed by atoms with Crippen LogP contribution in [-0.2, 0) is 0 Å². The molecule has 0 bridgehead atoms. The molecule has 140 valence electrons. The molecule has 1 aromatic heterocycles. The lowest BCUT2D eigenvalue weighted by molar-refractivity contribution is 0.174. The largest absolute Gasteiger partial charge is 0.490 e. The lowest BCUT2D eigenvalue weighted by atomic mass is 10.0. The fourth-order valence-corrected chi connectivity index (χ4v) is 3.22. The molecule has 1 N–H and O–H groups in total. The Labute approximate surface area is 160 Å². The maximum Gasteiger partial charge on any atom is 0.231 e. The number of oxazole rings is 1. The molecule has 2 heterocycles. The number of aromatic nitrogens is 1. The van der Waals surface area contributed by atoms with Gasteiger partial charge in [-0.25, -0.2) is 4.98 Å². The van der Waals surface area contributed by atoms with Crippen molar-refractivity contribution in [2.75, 3.05) is 20.0 Å². The molecule has 0 unspecified atom stereocenters. The van der Waals surface area contributed by atoms with Gasteiger partial charge in [0.15, 0.2) is 17.1 Å². The van der Waals surface area contributed by atoms with Crippen molar-refractivity contribution < 1.29 is 23.7 Å². The second-order valence-corrected chi connectivity index (χ2v) is 6.34. The summed E-state index contributed by atoms with van der Waals surface area (Å²) in [5, 5.41) is 9.02. The quantitative estimate of drug-likeness (QED) is 0.562. The van der Waals surface area contributed by atoms with Gasteiger partial charge in [0, 0.05) is 0 Å². The second kappa shape index (κ2) is 6.90. The van der Waals surface area contributed by atoms with Crippen LogP contribution in [0.15, 0.2) is 65.1 Å². The number of aliphatic hydroxyl groups is 1. The van der Waals surface area contributed by atoms with E-state index in [4.69, 9.17) is 23.7 Å². The van der Waals surface area contributed by atoms with Crippen molar-refractivity contribution in [2.45, 2.75) is 0 Å². The zero-order valence-electron chi connectivity index (χ0n) is 14.9. The van der Waals surface area contributed by atoms with Gasteiger partial charge in [-0.05, 0) is 47.5 Å². The van der Waals surface area contributed by atoms with Gasteiger partial charge in [-0.3, -0.25) is 0 Å². The molecule has 5 rings (SSSR count). The molecule has 0 saturated heterocycles. The summed E-state index contributed by atoms with van der Waals surface area (Å²) in [6.07, 6.45) is 0. The first-order chi connectivity index (χ1) is 13.8. The summed E-state index contributed by atoms with van der Waals surface area (Å²) >= 11 is 0. The summed E-state index contributed by atoms with van der Waals surface area (Å²) in [7, 11) is 0. The van der Waals surface area contributed by atoms with Crippen molar-refractivity contribution in [1.82, 2.24) is 4.98 Å². The van der Waals surface area contributed by atoms with Crippen molar-refractivity contribution in [2.24, 2.45) is 0 Å². The van der Waals surface area contributed by atoms with E-state index in [1.165, 1.54) is 0 Å². The van der Waals surface area contributed by atoms with Gasteiger partial charge in [-0.2, -0.15) is 0 Å². The maximum atomic E-state index is 9.02. The van der Waals surface area contributed by atoms with E-state index in [1.54, 1.807) is 0 Å². The highest BCUT2D eigenvalue weighted by atomic mass is 16.7. The first-order valence-electron chi connectivity index (χ1n) is 8.95. The van der Waals surface area contributed by atoms with Crippen LogP contribution in [0.5, 0.6) is 17.2 Å². The van der Waals surface area contributed by atoms with E-state index in [0.29, 0.717) is 17.2 Å². The van der Waals surface area contributed by atoms with Crippen LogP contribution in [0.1, 0.15) is 0 Å². The van der Waals surface area contributed by atoms with Crippen LogP contribution in [-0.4, -0.2) is 30.1 Å². The summed E-state index contributed by atoms with van der Waals surface area (Å²) < 4.78 is 22.5. The van der Waals surface area contributed by atoms with Crippen molar-refractivity contribution in [3.05, 3.63) is 60.7 Å². The fraction of sp³-hybridized carbons (Fsp3) is 0.136. The van der Waals surface area contributed by atoms with Gasteiger partial charge in [0.25, 0.3) is 0 Å². The molecule has 3 aromatic carbocycles. The summed E-state index contributed by atoms with van der Waals surface area (Å²) in [5.74, 6) is 2.60. The Morgan fingerprint density at radius 2 is 1.75 bits per heavy atom. The number of fused-ring (bicyclic) bond motifs is 2. The zero-order valence-corrected chi connectivity index (χ0v) is 14.9. The van der Waals surface area contributed by atoms with Gasteiger partial charge < -0.3 is 23.7 Å². The average Bonchev–Trinajstić information content (AvgIpc) is 3.37. The number of rotatable bonds is 5. The van der Waals surface area contributed by atoms with E-state index in [2.05, 4.69) is 4.98 Å². The predicted molar refractivity (Wildman–Crippen MR) is 104 cm³/mol. The van der Waals surface area contributed by atoms with Crippen LogP contribution in [0.2, 0.25) is 0 Å². The van der Waals surface area contributed by atoms with E-state index < -0.39 is 0 Å². The normalized spacial score (nSPS) is 12.5. The minimum atomic E-state index is -0.0548. The molecule has 6 nitrogen and oxygen atoms in total. The number of benzene rings is 3. The highest BCUT2D eigenvalue weighted by Gasteiger charge is 2.16. The van der Waals surface area contributed by atoms with Gasteiger partial charge in [-0.15, -0.1) is 0 Å². The van der Waals surface area contributed by atoms with Gasteiger partial charge in [0.2, 0.25) is 12.7 Å². The number of hydrogen-bond acceptors (Lipinski definition) is 6. The summed E-state index contributed by atoms with van der Waals surface area (Å²) in [4.78, 5) is 4.59. The maximum absolute atomic E-state index is 9.02. The topological polar surface area (TPSA) is 74.0 Å². The van der Waals surface area contributed by atoms with Crippen LogP contribution >= 0.6 is 0 Å². The van der Waals surface area contributed by atoms with Gasteiger partial charge in [0.05, 0.1) is 12.2 Å². The highest BCUT2D eigenvalue weighted by molar-refractivity contribution is 5.83. The Kier molecular flexibility index (Phi) is 4.10. The Morgan fingerprint density at radius 3 is 2.68 bits per heavy atom. The van der Waals surface area contributed by atoms with Crippen LogP contribution < -0.4 is 14.2 Å². The third-order valence-electron chi connectivity index (χ3n) is 4.56. The number of para-hydroxylation sites is 1. The SMILES string of the molecule is OCCOc1ccccc1-c1nc2ccc(-c3ccc4c(c3)OCO4)cc2o1. The monoisotopic (exact) mass is 375 g/mol.